The summed E-state index contributed by atoms with van der Waals surface area (Å²) in [6.45, 7) is 0.800. The molecule has 0 radical (unpaired) electrons. The van der Waals surface area contributed by atoms with Crippen LogP contribution in [0.25, 0.3) is 0 Å². The molecule has 0 aliphatic heterocycles. The summed E-state index contributed by atoms with van der Waals surface area (Å²) in [6.07, 6.45) is 3.70. The Morgan fingerprint density at radius 2 is 2.05 bits per heavy atom. The minimum absolute atomic E-state index is 0.526. The minimum atomic E-state index is 0.526. The van der Waals surface area contributed by atoms with Gasteiger partial charge in [0.25, 0.3) is 0 Å². The fourth-order valence-electron chi connectivity index (χ4n) is 1.80. The molecular weight excluding hydrogens is 370 g/mol. The van der Waals surface area contributed by atoms with E-state index < -0.39 is 0 Å². The normalized spacial score (nSPS) is 10.2. The zero-order valence-electron chi connectivity index (χ0n) is 11.3. The second kappa shape index (κ2) is 8.32. The number of halogens is 2. The van der Waals surface area contributed by atoms with E-state index in [0.29, 0.717) is 16.0 Å². The molecule has 2 N–H and O–H groups in total. The molecule has 0 amide bonds. The van der Waals surface area contributed by atoms with Gasteiger partial charge in [-0.05, 0) is 52.6 Å². The topological polar surface area (TPSA) is 37.0 Å². The van der Waals surface area contributed by atoms with Gasteiger partial charge in [-0.1, -0.05) is 41.9 Å². The SMILES string of the molecule is S=C(NCCCc1ccccc1)Nc1ncc(Br)cc1Cl. The van der Waals surface area contributed by atoms with Crippen LogP contribution in [0.3, 0.4) is 0 Å². The van der Waals surface area contributed by atoms with Gasteiger partial charge >= 0.3 is 0 Å². The van der Waals surface area contributed by atoms with Gasteiger partial charge in [-0.2, -0.15) is 0 Å². The van der Waals surface area contributed by atoms with Gasteiger partial charge in [0.05, 0.1) is 5.02 Å². The summed E-state index contributed by atoms with van der Waals surface area (Å²) in [6, 6.07) is 12.2. The summed E-state index contributed by atoms with van der Waals surface area (Å²) in [7, 11) is 0. The zero-order chi connectivity index (χ0) is 15.1. The first-order valence-corrected chi connectivity index (χ1v) is 8.13. The number of nitrogens with zero attached hydrogens (tertiary/aromatic N) is 1. The van der Waals surface area contributed by atoms with E-state index in [-0.39, 0.29) is 0 Å². The van der Waals surface area contributed by atoms with E-state index in [0.717, 1.165) is 23.9 Å². The van der Waals surface area contributed by atoms with Crippen molar-refractivity contribution in [2.24, 2.45) is 0 Å². The lowest BCUT2D eigenvalue weighted by atomic mass is 10.1. The zero-order valence-corrected chi connectivity index (χ0v) is 14.4. The fourth-order valence-corrected chi connectivity index (χ4v) is 2.67. The Balaban J connectivity index is 1.72. The van der Waals surface area contributed by atoms with Crippen molar-refractivity contribution >= 4 is 50.7 Å². The molecule has 6 heteroatoms. The van der Waals surface area contributed by atoms with Gasteiger partial charge in [-0.25, -0.2) is 4.98 Å². The highest BCUT2D eigenvalue weighted by Crippen LogP contribution is 2.22. The van der Waals surface area contributed by atoms with Crippen LogP contribution < -0.4 is 10.6 Å². The maximum Gasteiger partial charge on any atom is 0.171 e. The molecule has 1 aromatic heterocycles. The van der Waals surface area contributed by atoms with Crippen molar-refractivity contribution in [3.63, 3.8) is 0 Å². The Morgan fingerprint density at radius 3 is 2.76 bits per heavy atom. The number of hydrogen-bond acceptors (Lipinski definition) is 2. The Bertz CT molecular complexity index is 607. The van der Waals surface area contributed by atoms with E-state index in [2.05, 4.69) is 55.8 Å². The number of thiocarbonyl (C=S) groups is 1. The number of anilines is 1. The third kappa shape index (κ3) is 5.61. The Hall–Kier alpha value is -1.17. The Kier molecular flexibility index (Phi) is 6.42. The number of nitrogens with one attached hydrogen (secondary N) is 2. The lowest BCUT2D eigenvalue weighted by Crippen LogP contribution is -2.29. The molecule has 0 saturated heterocycles. The molecule has 3 nitrogen and oxygen atoms in total. The molecule has 0 aliphatic carbocycles. The molecule has 2 rings (SSSR count). The molecule has 0 fully saturated rings. The van der Waals surface area contributed by atoms with E-state index >= 15 is 0 Å². The monoisotopic (exact) mass is 383 g/mol. The van der Waals surface area contributed by atoms with Gasteiger partial charge in [-0.15, -0.1) is 0 Å². The summed E-state index contributed by atoms with van der Waals surface area (Å²) in [5.41, 5.74) is 1.33. The predicted molar refractivity (Wildman–Crippen MR) is 95.9 cm³/mol. The van der Waals surface area contributed by atoms with Gasteiger partial charge < -0.3 is 10.6 Å². The summed E-state index contributed by atoms with van der Waals surface area (Å²) < 4.78 is 0.833. The van der Waals surface area contributed by atoms with Gasteiger partial charge in [0.15, 0.2) is 10.9 Å². The van der Waals surface area contributed by atoms with Crippen molar-refractivity contribution in [1.82, 2.24) is 10.3 Å². The first-order chi connectivity index (χ1) is 10.1. The van der Waals surface area contributed by atoms with Gasteiger partial charge in [-0.3, -0.25) is 0 Å². The Morgan fingerprint density at radius 1 is 1.29 bits per heavy atom. The fraction of sp³-hybridized carbons (Fsp3) is 0.200. The molecule has 21 heavy (non-hydrogen) atoms. The molecule has 2 aromatic rings. The highest BCUT2D eigenvalue weighted by molar-refractivity contribution is 9.10. The standard InChI is InChI=1S/C15H15BrClN3S/c16-12-9-13(17)14(19-10-12)20-15(21)18-8-4-7-11-5-2-1-3-6-11/h1-3,5-6,9-10H,4,7-8H2,(H2,18,19,20,21). The molecule has 1 aromatic carbocycles. The van der Waals surface area contributed by atoms with Crippen LogP contribution in [0.5, 0.6) is 0 Å². The minimum Gasteiger partial charge on any atom is -0.362 e. The quantitative estimate of drug-likeness (QED) is 0.591. The van der Waals surface area contributed by atoms with Crippen molar-refractivity contribution in [3.05, 3.63) is 57.7 Å². The maximum atomic E-state index is 6.07. The van der Waals surface area contributed by atoms with Crippen LogP contribution in [-0.4, -0.2) is 16.6 Å². The van der Waals surface area contributed by atoms with Crippen molar-refractivity contribution in [2.75, 3.05) is 11.9 Å². The van der Waals surface area contributed by atoms with Crippen LogP contribution in [0.4, 0.5) is 5.82 Å². The second-order valence-corrected chi connectivity index (χ2v) is 6.19. The smallest absolute Gasteiger partial charge is 0.171 e. The van der Waals surface area contributed by atoms with Crippen LogP contribution in [0, 0.1) is 0 Å². The second-order valence-electron chi connectivity index (χ2n) is 4.45. The summed E-state index contributed by atoms with van der Waals surface area (Å²) in [4.78, 5) is 4.18. The number of hydrogen-bond donors (Lipinski definition) is 2. The number of aromatic nitrogens is 1. The Labute approximate surface area is 143 Å². The molecule has 110 valence electrons. The van der Waals surface area contributed by atoms with Crippen molar-refractivity contribution < 1.29 is 0 Å². The van der Waals surface area contributed by atoms with Gasteiger partial charge in [0.2, 0.25) is 0 Å². The molecule has 0 spiro atoms. The van der Waals surface area contributed by atoms with E-state index in [1.165, 1.54) is 5.56 Å². The van der Waals surface area contributed by atoms with Crippen LogP contribution in [0.15, 0.2) is 47.1 Å². The molecular formula is C15H15BrClN3S. The maximum absolute atomic E-state index is 6.07. The first kappa shape index (κ1) is 16.2. The van der Waals surface area contributed by atoms with Crippen molar-refractivity contribution in [3.8, 4) is 0 Å². The highest BCUT2D eigenvalue weighted by Gasteiger charge is 2.04. The average Bonchev–Trinajstić information content (AvgIpc) is 2.48. The molecule has 0 saturated carbocycles. The van der Waals surface area contributed by atoms with E-state index in [1.807, 2.05) is 6.07 Å². The highest BCUT2D eigenvalue weighted by atomic mass is 79.9. The average molecular weight is 385 g/mol. The van der Waals surface area contributed by atoms with E-state index in [9.17, 15) is 0 Å². The van der Waals surface area contributed by atoms with Crippen molar-refractivity contribution in [1.29, 1.82) is 0 Å². The van der Waals surface area contributed by atoms with Gasteiger partial charge in [0, 0.05) is 17.2 Å². The molecule has 0 unspecified atom stereocenters. The third-order valence-electron chi connectivity index (χ3n) is 2.81. The molecule has 1 heterocycles. The number of rotatable bonds is 5. The van der Waals surface area contributed by atoms with Crippen molar-refractivity contribution in [2.45, 2.75) is 12.8 Å². The largest absolute Gasteiger partial charge is 0.362 e. The number of benzene rings is 1. The summed E-state index contributed by atoms with van der Waals surface area (Å²) >= 11 is 14.6. The van der Waals surface area contributed by atoms with Crippen LogP contribution in [0.1, 0.15) is 12.0 Å². The number of pyridine rings is 1. The first-order valence-electron chi connectivity index (χ1n) is 6.55. The predicted octanol–water partition coefficient (Wildman–Crippen LogP) is 4.42. The van der Waals surface area contributed by atoms with Crippen LogP contribution in [-0.2, 0) is 6.42 Å². The van der Waals surface area contributed by atoms with E-state index in [1.54, 1.807) is 12.3 Å². The lowest BCUT2D eigenvalue weighted by molar-refractivity contribution is 0.777. The van der Waals surface area contributed by atoms with Crippen LogP contribution in [0.2, 0.25) is 5.02 Å². The third-order valence-corrected chi connectivity index (χ3v) is 3.78. The molecule has 0 atom stereocenters. The number of aryl methyl sites for hydroxylation is 1. The molecule has 0 aliphatic rings. The summed E-state index contributed by atoms with van der Waals surface area (Å²) in [5, 5.41) is 7.20. The van der Waals surface area contributed by atoms with E-state index in [4.69, 9.17) is 23.8 Å². The van der Waals surface area contributed by atoms with Gasteiger partial charge in [0.1, 0.15) is 0 Å². The summed E-state index contributed by atoms with van der Waals surface area (Å²) in [5.74, 6) is 0.556. The molecule has 0 bridgehead atoms. The van der Waals surface area contributed by atoms with Crippen LogP contribution >= 0.6 is 39.7 Å². The lowest BCUT2D eigenvalue weighted by Gasteiger charge is -2.11.